The first-order valence-corrected chi connectivity index (χ1v) is 7.43. The first-order chi connectivity index (χ1) is 8.19. The van der Waals surface area contributed by atoms with Crippen molar-refractivity contribution >= 4 is 39.1 Å². The van der Waals surface area contributed by atoms with Gasteiger partial charge in [-0.1, -0.05) is 18.2 Å². The Morgan fingerprint density at radius 1 is 1.28 bits per heavy atom. The normalized spacial score (nSPS) is 25.5. The van der Waals surface area contributed by atoms with E-state index in [0.717, 1.165) is 0 Å². The first-order valence-electron chi connectivity index (χ1n) is 5.19. The van der Waals surface area contributed by atoms with Crippen LogP contribution in [0.1, 0.15) is 13.3 Å². The molecule has 1 N–H and O–H groups in total. The van der Waals surface area contributed by atoms with Gasteiger partial charge in [0.25, 0.3) is 10.0 Å². The molecule has 0 aromatic heterocycles. The molecule has 1 aliphatic rings. The number of carbonyl (C=O) groups is 1. The molecule has 0 spiro atoms. The van der Waals surface area contributed by atoms with Gasteiger partial charge in [0.2, 0.25) is 5.91 Å². The smallest absolute Gasteiger partial charge is 0.264 e. The van der Waals surface area contributed by atoms with Gasteiger partial charge in [0.05, 0.1) is 10.3 Å². The number of sulfonamides is 1. The van der Waals surface area contributed by atoms with Gasteiger partial charge in [-0.15, -0.1) is 23.2 Å². The lowest BCUT2D eigenvalue weighted by molar-refractivity contribution is -0.123. The van der Waals surface area contributed by atoms with Crippen molar-refractivity contribution in [2.45, 2.75) is 22.6 Å². The van der Waals surface area contributed by atoms with E-state index >= 15 is 0 Å². The number of carbonyl (C=O) groups excluding carboxylic acids is 1. The molecular formula is C11H11Cl2NO3S. The summed E-state index contributed by atoms with van der Waals surface area (Å²) in [5, 5.41) is 0. The molecular weight excluding hydrogens is 297 g/mol. The van der Waals surface area contributed by atoms with Crippen LogP contribution >= 0.6 is 23.2 Å². The van der Waals surface area contributed by atoms with Crippen LogP contribution in [0.3, 0.4) is 0 Å². The SMILES string of the molecule is C[C@]1(C(=O)NS(=O)(=O)c2ccccc2)CC1(Cl)Cl. The van der Waals surface area contributed by atoms with Gasteiger partial charge < -0.3 is 0 Å². The van der Waals surface area contributed by atoms with E-state index in [2.05, 4.69) is 0 Å². The highest BCUT2D eigenvalue weighted by Crippen LogP contribution is 2.63. The number of nitrogens with one attached hydrogen (secondary N) is 1. The number of amides is 1. The van der Waals surface area contributed by atoms with E-state index in [9.17, 15) is 13.2 Å². The van der Waals surface area contributed by atoms with Gasteiger partial charge in [-0.05, 0) is 25.5 Å². The van der Waals surface area contributed by atoms with Crippen LogP contribution in [0.15, 0.2) is 35.2 Å². The zero-order chi connectivity index (χ0) is 13.6. The lowest BCUT2D eigenvalue weighted by atomic mass is 10.1. The van der Waals surface area contributed by atoms with Crippen LogP contribution < -0.4 is 4.72 Å². The molecule has 1 saturated carbocycles. The number of benzene rings is 1. The maximum atomic E-state index is 11.9. The lowest BCUT2D eigenvalue weighted by Crippen LogP contribution is -2.37. The third-order valence-corrected chi connectivity index (χ3v) is 5.49. The Morgan fingerprint density at radius 2 is 1.78 bits per heavy atom. The number of rotatable bonds is 3. The Morgan fingerprint density at radius 3 is 2.22 bits per heavy atom. The van der Waals surface area contributed by atoms with Gasteiger partial charge in [-0.3, -0.25) is 4.79 Å². The van der Waals surface area contributed by atoms with Crippen molar-refractivity contribution in [3.05, 3.63) is 30.3 Å². The van der Waals surface area contributed by atoms with E-state index in [1.54, 1.807) is 18.2 Å². The van der Waals surface area contributed by atoms with Crippen molar-refractivity contribution in [3.8, 4) is 0 Å². The van der Waals surface area contributed by atoms with Crippen LogP contribution in [0.4, 0.5) is 0 Å². The average Bonchev–Trinajstić information content (AvgIpc) is 2.80. The molecule has 0 aliphatic heterocycles. The molecule has 0 radical (unpaired) electrons. The highest BCUT2D eigenvalue weighted by atomic mass is 35.5. The van der Waals surface area contributed by atoms with Gasteiger partial charge >= 0.3 is 0 Å². The summed E-state index contributed by atoms with van der Waals surface area (Å²) < 4.78 is 24.6. The fourth-order valence-corrected chi connectivity index (χ4v) is 3.35. The second kappa shape index (κ2) is 4.11. The predicted octanol–water partition coefficient (Wildman–Crippen LogP) is 2.08. The fourth-order valence-electron chi connectivity index (χ4n) is 1.54. The Hall–Kier alpha value is -0.780. The Kier molecular flexibility index (Phi) is 3.12. The van der Waals surface area contributed by atoms with Crippen LogP contribution in [-0.4, -0.2) is 18.7 Å². The minimum atomic E-state index is -3.87. The molecule has 1 aliphatic carbocycles. The van der Waals surface area contributed by atoms with E-state index in [1.807, 2.05) is 4.72 Å². The third-order valence-electron chi connectivity index (χ3n) is 3.04. The van der Waals surface area contributed by atoms with Crippen LogP contribution in [-0.2, 0) is 14.8 Å². The Balaban J connectivity index is 2.19. The van der Waals surface area contributed by atoms with Crippen molar-refractivity contribution in [1.82, 2.24) is 4.72 Å². The van der Waals surface area contributed by atoms with E-state index in [0.29, 0.717) is 0 Å². The van der Waals surface area contributed by atoms with E-state index < -0.39 is 25.7 Å². The fraction of sp³-hybridized carbons (Fsp3) is 0.364. The molecule has 0 unspecified atom stereocenters. The zero-order valence-electron chi connectivity index (χ0n) is 9.48. The summed E-state index contributed by atoms with van der Waals surface area (Å²) in [7, 11) is -3.87. The molecule has 98 valence electrons. The Labute approximate surface area is 115 Å². The van der Waals surface area contributed by atoms with Crippen LogP contribution in [0.25, 0.3) is 0 Å². The van der Waals surface area contributed by atoms with Gasteiger partial charge in [-0.2, -0.15) is 0 Å². The molecule has 7 heteroatoms. The zero-order valence-corrected chi connectivity index (χ0v) is 11.8. The number of alkyl halides is 2. The summed E-state index contributed by atoms with van der Waals surface area (Å²) in [6, 6.07) is 7.64. The van der Waals surface area contributed by atoms with Crippen molar-refractivity contribution in [3.63, 3.8) is 0 Å². The molecule has 1 aromatic rings. The minimum Gasteiger partial charge on any atom is -0.273 e. The quantitative estimate of drug-likeness (QED) is 0.870. The highest BCUT2D eigenvalue weighted by molar-refractivity contribution is 7.90. The molecule has 0 heterocycles. The van der Waals surface area contributed by atoms with Gasteiger partial charge in [0.15, 0.2) is 0 Å². The summed E-state index contributed by atoms with van der Waals surface area (Å²) in [5.74, 6) is -0.684. The summed E-state index contributed by atoms with van der Waals surface area (Å²) in [6.45, 7) is 1.53. The molecule has 1 fully saturated rings. The summed E-state index contributed by atoms with van der Waals surface area (Å²) in [4.78, 5) is 11.9. The largest absolute Gasteiger partial charge is 0.273 e. The number of halogens is 2. The van der Waals surface area contributed by atoms with Crippen molar-refractivity contribution < 1.29 is 13.2 Å². The molecule has 0 saturated heterocycles. The summed E-state index contributed by atoms with van der Waals surface area (Å²) in [6.07, 6.45) is 0.235. The molecule has 1 atom stereocenters. The predicted molar refractivity (Wildman–Crippen MR) is 68.9 cm³/mol. The second-order valence-corrected chi connectivity index (χ2v) is 7.63. The number of hydrogen-bond donors (Lipinski definition) is 1. The minimum absolute atomic E-state index is 0.0253. The number of hydrogen-bond acceptors (Lipinski definition) is 3. The van der Waals surface area contributed by atoms with Gasteiger partial charge in [0, 0.05) is 0 Å². The maximum absolute atomic E-state index is 11.9. The van der Waals surface area contributed by atoms with Crippen LogP contribution in [0.2, 0.25) is 0 Å². The summed E-state index contributed by atoms with van der Waals surface area (Å²) in [5.41, 5.74) is -1.06. The topological polar surface area (TPSA) is 63.2 Å². The van der Waals surface area contributed by atoms with Crippen LogP contribution in [0, 0.1) is 5.41 Å². The van der Waals surface area contributed by atoms with Crippen molar-refractivity contribution in [2.24, 2.45) is 5.41 Å². The highest BCUT2D eigenvalue weighted by Gasteiger charge is 2.68. The van der Waals surface area contributed by atoms with E-state index in [1.165, 1.54) is 19.1 Å². The molecule has 2 rings (SSSR count). The Bertz CT molecular complexity index is 586. The summed E-state index contributed by atoms with van der Waals surface area (Å²) >= 11 is 11.7. The first kappa shape index (κ1) is 13.6. The average molecular weight is 308 g/mol. The standard InChI is InChI=1S/C11H11Cl2NO3S/c1-10(7-11(10,12)13)9(15)14-18(16,17)8-5-3-2-4-6-8/h2-6H,7H2,1H3,(H,14,15)/t10-/m1/s1. The second-order valence-electron chi connectivity index (χ2n) is 4.46. The monoisotopic (exact) mass is 307 g/mol. The molecule has 0 bridgehead atoms. The van der Waals surface area contributed by atoms with E-state index in [-0.39, 0.29) is 11.3 Å². The van der Waals surface area contributed by atoms with Gasteiger partial charge in [-0.25, -0.2) is 13.1 Å². The van der Waals surface area contributed by atoms with Crippen molar-refractivity contribution in [2.75, 3.05) is 0 Å². The third kappa shape index (κ3) is 2.22. The maximum Gasteiger partial charge on any atom is 0.264 e. The lowest BCUT2D eigenvalue weighted by Gasteiger charge is -2.12. The van der Waals surface area contributed by atoms with Crippen molar-refractivity contribution in [1.29, 1.82) is 0 Å². The van der Waals surface area contributed by atoms with Gasteiger partial charge in [0.1, 0.15) is 4.33 Å². The molecule has 1 amide bonds. The molecule has 18 heavy (non-hydrogen) atoms. The van der Waals surface area contributed by atoms with Crippen LogP contribution in [0.5, 0.6) is 0 Å². The molecule has 4 nitrogen and oxygen atoms in total. The van der Waals surface area contributed by atoms with E-state index in [4.69, 9.17) is 23.2 Å². The molecule has 1 aromatic carbocycles.